The van der Waals surface area contributed by atoms with E-state index in [1.165, 1.54) is 19.3 Å². The van der Waals surface area contributed by atoms with Crippen molar-refractivity contribution in [2.24, 2.45) is 11.8 Å². The zero-order valence-electron chi connectivity index (χ0n) is 11.2. The second-order valence-electron chi connectivity index (χ2n) is 5.59. The van der Waals surface area contributed by atoms with Crippen molar-refractivity contribution >= 4 is 5.95 Å². The standard InChI is InChI=1S/C14H21N3O/c1-10-6-15-14(16-7-10)17-8-11-4-3-5-13(18-2)12(11)9-17/h6-7,11-13H,3-5,8-9H2,1-2H3/t11-,12-,13?/m1/s1. The Labute approximate surface area is 108 Å². The van der Waals surface area contributed by atoms with Crippen LogP contribution in [-0.2, 0) is 4.74 Å². The number of hydrogen-bond acceptors (Lipinski definition) is 4. The van der Waals surface area contributed by atoms with E-state index in [9.17, 15) is 0 Å². The Balaban J connectivity index is 1.75. The smallest absolute Gasteiger partial charge is 0.225 e. The molecule has 1 aromatic rings. The highest BCUT2D eigenvalue weighted by Gasteiger charge is 2.41. The summed E-state index contributed by atoms with van der Waals surface area (Å²) in [6.07, 6.45) is 8.06. The first-order valence-corrected chi connectivity index (χ1v) is 6.84. The average molecular weight is 247 g/mol. The van der Waals surface area contributed by atoms with Crippen LogP contribution in [0.3, 0.4) is 0 Å². The van der Waals surface area contributed by atoms with Gasteiger partial charge in [-0.2, -0.15) is 0 Å². The van der Waals surface area contributed by atoms with Crippen molar-refractivity contribution in [2.45, 2.75) is 32.3 Å². The van der Waals surface area contributed by atoms with Gasteiger partial charge in [-0.15, -0.1) is 0 Å². The van der Waals surface area contributed by atoms with Crippen LogP contribution < -0.4 is 4.90 Å². The summed E-state index contributed by atoms with van der Waals surface area (Å²) in [4.78, 5) is 11.2. The van der Waals surface area contributed by atoms with Crippen LogP contribution in [0.2, 0.25) is 0 Å². The van der Waals surface area contributed by atoms with E-state index in [1.807, 2.05) is 26.4 Å². The zero-order chi connectivity index (χ0) is 12.5. The molecule has 0 radical (unpaired) electrons. The highest BCUT2D eigenvalue weighted by atomic mass is 16.5. The Hall–Kier alpha value is -1.16. The van der Waals surface area contributed by atoms with Gasteiger partial charge in [0.15, 0.2) is 0 Å². The molecular weight excluding hydrogens is 226 g/mol. The molecule has 0 amide bonds. The fraction of sp³-hybridized carbons (Fsp3) is 0.714. The maximum absolute atomic E-state index is 5.64. The van der Waals surface area contributed by atoms with Crippen LogP contribution in [0, 0.1) is 18.8 Å². The van der Waals surface area contributed by atoms with Crippen LogP contribution >= 0.6 is 0 Å². The molecule has 1 saturated heterocycles. The van der Waals surface area contributed by atoms with Crippen LogP contribution in [0.4, 0.5) is 5.95 Å². The van der Waals surface area contributed by atoms with E-state index < -0.39 is 0 Å². The normalized spacial score (nSPS) is 31.4. The van der Waals surface area contributed by atoms with Crippen molar-refractivity contribution in [1.29, 1.82) is 0 Å². The SMILES string of the molecule is COC1CCC[C@@H]2CN(c3ncc(C)cn3)C[C@@H]12. The number of fused-ring (bicyclic) bond motifs is 1. The third-order valence-corrected chi connectivity index (χ3v) is 4.39. The van der Waals surface area contributed by atoms with Gasteiger partial charge in [0.25, 0.3) is 0 Å². The molecule has 1 aliphatic carbocycles. The number of nitrogens with zero attached hydrogens (tertiary/aromatic N) is 3. The lowest BCUT2D eigenvalue weighted by molar-refractivity contribution is 0.0140. The molecule has 3 atom stereocenters. The van der Waals surface area contributed by atoms with Crippen molar-refractivity contribution in [2.75, 3.05) is 25.1 Å². The van der Waals surface area contributed by atoms with E-state index in [-0.39, 0.29) is 0 Å². The van der Waals surface area contributed by atoms with Gasteiger partial charge in [-0.05, 0) is 31.2 Å². The van der Waals surface area contributed by atoms with Crippen molar-refractivity contribution in [3.63, 3.8) is 0 Å². The van der Waals surface area contributed by atoms with Gasteiger partial charge in [-0.1, -0.05) is 6.42 Å². The molecule has 4 nitrogen and oxygen atoms in total. The Morgan fingerprint density at radius 1 is 1.22 bits per heavy atom. The monoisotopic (exact) mass is 247 g/mol. The third-order valence-electron chi connectivity index (χ3n) is 4.39. The fourth-order valence-corrected chi connectivity index (χ4v) is 3.42. The predicted octanol–water partition coefficient (Wildman–Crippen LogP) is 2.04. The van der Waals surface area contributed by atoms with Crippen molar-refractivity contribution in [3.8, 4) is 0 Å². The summed E-state index contributed by atoms with van der Waals surface area (Å²) in [6, 6.07) is 0. The second-order valence-corrected chi connectivity index (χ2v) is 5.59. The minimum atomic E-state index is 0.430. The summed E-state index contributed by atoms with van der Waals surface area (Å²) < 4.78 is 5.64. The molecule has 2 aliphatic rings. The molecule has 0 bridgehead atoms. The van der Waals surface area contributed by atoms with Crippen molar-refractivity contribution < 1.29 is 4.74 Å². The highest BCUT2D eigenvalue weighted by molar-refractivity contribution is 5.32. The second kappa shape index (κ2) is 4.84. The number of aryl methyl sites for hydroxylation is 1. The van der Waals surface area contributed by atoms with Gasteiger partial charge in [-0.25, -0.2) is 9.97 Å². The molecular formula is C14H21N3O. The molecule has 4 heteroatoms. The fourth-order valence-electron chi connectivity index (χ4n) is 3.42. The quantitative estimate of drug-likeness (QED) is 0.801. The van der Waals surface area contributed by atoms with Gasteiger partial charge >= 0.3 is 0 Å². The van der Waals surface area contributed by atoms with Crippen LogP contribution in [-0.4, -0.2) is 36.3 Å². The first-order chi connectivity index (χ1) is 8.78. The molecule has 2 heterocycles. The lowest BCUT2D eigenvalue weighted by Crippen LogP contribution is -2.33. The largest absolute Gasteiger partial charge is 0.381 e. The van der Waals surface area contributed by atoms with E-state index in [2.05, 4.69) is 14.9 Å². The first-order valence-electron chi connectivity index (χ1n) is 6.84. The topological polar surface area (TPSA) is 38.2 Å². The maximum atomic E-state index is 5.64. The van der Waals surface area contributed by atoms with Gasteiger partial charge < -0.3 is 9.64 Å². The summed E-state index contributed by atoms with van der Waals surface area (Å²) in [6.45, 7) is 4.16. The van der Waals surface area contributed by atoms with Gasteiger partial charge in [0.2, 0.25) is 5.95 Å². The Kier molecular flexibility index (Phi) is 3.20. The van der Waals surface area contributed by atoms with Gasteiger partial charge in [0, 0.05) is 38.5 Å². The minimum Gasteiger partial charge on any atom is -0.381 e. The zero-order valence-corrected chi connectivity index (χ0v) is 11.2. The Bertz CT molecular complexity index is 406. The first kappa shape index (κ1) is 11.9. The van der Waals surface area contributed by atoms with Crippen molar-refractivity contribution in [1.82, 2.24) is 9.97 Å². The molecule has 0 spiro atoms. The number of anilines is 1. The van der Waals surface area contributed by atoms with Crippen LogP contribution in [0.5, 0.6) is 0 Å². The summed E-state index contributed by atoms with van der Waals surface area (Å²) in [7, 11) is 1.85. The van der Waals surface area contributed by atoms with E-state index in [0.717, 1.165) is 30.5 Å². The lowest BCUT2D eigenvalue weighted by Gasteiger charge is -2.31. The van der Waals surface area contributed by atoms with E-state index in [4.69, 9.17) is 4.74 Å². The van der Waals surface area contributed by atoms with Gasteiger partial charge in [0.1, 0.15) is 0 Å². The van der Waals surface area contributed by atoms with Crippen molar-refractivity contribution in [3.05, 3.63) is 18.0 Å². The number of hydrogen-bond donors (Lipinski definition) is 0. The van der Waals surface area contributed by atoms with E-state index >= 15 is 0 Å². The lowest BCUT2D eigenvalue weighted by atomic mass is 9.79. The summed E-state index contributed by atoms with van der Waals surface area (Å²) in [5.74, 6) is 2.30. The molecule has 1 saturated carbocycles. The maximum Gasteiger partial charge on any atom is 0.225 e. The summed E-state index contributed by atoms with van der Waals surface area (Å²) in [5.41, 5.74) is 1.12. The molecule has 3 rings (SSSR count). The van der Waals surface area contributed by atoms with E-state index in [1.54, 1.807) is 0 Å². The minimum absolute atomic E-state index is 0.430. The third kappa shape index (κ3) is 2.09. The molecule has 1 aromatic heterocycles. The molecule has 1 aliphatic heterocycles. The summed E-state index contributed by atoms with van der Waals surface area (Å²) >= 11 is 0. The Morgan fingerprint density at radius 2 is 2.00 bits per heavy atom. The summed E-state index contributed by atoms with van der Waals surface area (Å²) in [5, 5.41) is 0. The van der Waals surface area contributed by atoms with Crippen LogP contribution in [0.25, 0.3) is 0 Å². The molecule has 2 fully saturated rings. The molecule has 0 aromatic carbocycles. The van der Waals surface area contributed by atoms with Gasteiger partial charge in [0.05, 0.1) is 6.10 Å². The highest BCUT2D eigenvalue weighted by Crippen LogP contribution is 2.38. The number of methoxy groups -OCH3 is 1. The number of ether oxygens (including phenoxy) is 1. The van der Waals surface area contributed by atoms with Crippen LogP contribution in [0.15, 0.2) is 12.4 Å². The van der Waals surface area contributed by atoms with Crippen LogP contribution in [0.1, 0.15) is 24.8 Å². The molecule has 1 unspecified atom stereocenters. The molecule has 18 heavy (non-hydrogen) atoms. The average Bonchev–Trinajstić information content (AvgIpc) is 2.83. The number of aromatic nitrogens is 2. The molecule has 98 valence electrons. The predicted molar refractivity (Wildman–Crippen MR) is 70.6 cm³/mol. The van der Waals surface area contributed by atoms with Gasteiger partial charge in [-0.3, -0.25) is 0 Å². The molecule has 0 N–H and O–H groups in total. The number of rotatable bonds is 2. The van der Waals surface area contributed by atoms with E-state index in [0.29, 0.717) is 12.0 Å². The Morgan fingerprint density at radius 3 is 2.72 bits per heavy atom.